The summed E-state index contributed by atoms with van der Waals surface area (Å²) in [5.74, 6) is -0.169. The number of anilines is 1. The molecule has 0 saturated carbocycles. The zero-order valence-electron chi connectivity index (χ0n) is 15.3. The topological polar surface area (TPSA) is 67.4 Å². The fourth-order valence-corrected chi connectivity index (χ4v) is 2.41. The van der Waals surface area contributed by atoms with E-state index in [-0.39, 0.29) is 11.8 Å². The Morgan fingerprint density at radius 2 is 1.77 bits per heavy atom. The molecule has 5 heteroatoms. The highest BCUT2D eigenvalue weighted by Gasteiger charge is 2.13. The second kappa shape index (κ2) is 10.4. The van der Waals surface area contributed by atoms with Gasteiger partial charge in [0.15, 0.2) is 0 Å². The summed E-state index contributed by atoms with van der Waals surface area (Å²) >= 11 is 0. The largest absolute Gasteiger partial charge is 0.364 e. The van der Waals surface area contributed by atoms with E-state index in [0.29, 0.717) is 19.6 Å². The molecule has 0 heterocycles. The summed E-state index contributed by atoms with van der Waals surface area (Å²) in [5, 5.41) is 5.72. The molecule has 5 nitrogen and oxygen atoms in total. The van der Waals surface area contributed by atoms with E-state index in [1.165, 1.54) is 0 Å². The van der Waals surface area contributed by atoms with Gasteiger partial charge in [-0.3, -0.25) is 9.59 Å². The Kier molecular flexibility index (Phi) is 7.83. The predicted octanol–water partition coefficient (Wildman–Crippen LogP) is 3.65. The molecule has 138 valence electrons. The van der Waals surface area contributed by atoms with Crippen LogP contribution in [0.3, 0.4) is 0 Å². The first-order valence-electron chi connectivity index (χ1n) is 8.90. The van der Waals surface area contributed by atoms with E-state index >= 15 is 0 Å². The minimum Gasteiger partial charge on any atom is -0.364 e. The van der Waals surface area contributed by atoms with Gasteiger partial charge in [-0.2, -0.15) is 0 Å². The molecule has 2 N–H and O–H groups in total. The molecule has 0 spiro atoms. The van der Waals surface area contributed by atoms with E-state index in [0.717, 1.165) is 23.2 Å². The van der Waals surface area contributed by atoms with Crippen molar-refractivity contribution in [3.8, 4) is 0 Å². The Morgan fingerprint density at radius 1 is 1.04 bits per heavy atom. The van der Waals surface area contributed by atoms with Gasteiger partial charge in [-0.15, -0.1) is 0 Å². The fraction of sp³-hybridized carbons (Fsp3) is 0.333. The molecule has 0 saturated heterocycles. The lowest BCUT2D eigenvalue weighted by Gasteiger charge is -2.14. The summed E-state index contributed by atoms with van der Waals surface area (Å²) in [5.41, 5.74) is 2.69. The minimum atomic E-state index is -0.539. The lowest BCUT2D eigenvalue weighted by molar-refractivity contribution is -0.132. The van der Waals surface area contributed by atoms with Crippen LogP contribution in [0.15, 0.2) is 54.6 Å². The van der Waals surface area contributed by atoms with Crippen molar-refractivity contribution in [3.63, 3.8) is 0 Å². The van der Waals surface area contributed by atoms with Gasteiger partial charge in [0.1, 0.15) is 6.10 Å². The van der Waals surface area contributed by atoms with Crippen LogP contribution >= 0.6 is 0 Å². The number of hydrogen-bond donors (Lipinski definition) is 2. The van der Waals surface area contributed by atoms with Gasteiger partial charge < -0.3 is 15.4 Å². The highest BCUT2D eigenvalue weighted by atomic mass is 16.5. The summed E-state index contributed by atoms with van der Waals surface area (Å²) in [7, 11) is 0. The maximum Gasteiger partial charge on any atom is 0.249 e. The van der Waals surface area contributed by atoms with E-state index in [2.05, 4.69) is 10.6 Å². The summed E-state index contributed by atoms with van der Waals surface area (Å²) < 4.78 is 5.61. The van der Waals surface area contributed by atoms with E-state index in [4.69, 9.17) is 4.74 Å². The highest BCUT2D eigenvalue weighted by molar-refractivity contribution is 5.90. The highest BCUT2D eigenvalue weighted by Crippen LogP contribution is 2.11. The van der Waals surface area contributed by atoms with Crippen LogP contribution in [0.1, 0.15) is 37.8 Å². The zero-order valence-corrected chi connectivity index (χ0v) is 15.3. The van der Waals surface area contributed by atoms with Crippen molar-refractivity contribution < 1.29 is 14.3 Å². The molecule has 2 aromatic carbocycles. The lowest BCUT2D eigenvalue weighted by atomic mass is 10.2. The van der Waals surface area contributed by atoms with Crippen LogP contribution in [0.5, 0.6) is 0 Å². The van der Waals surface area contributed by atoms with Gasteiger partial charge in [0.05, 0.1) is 6.61 Å². The quantitative estimate of drug-likeness (QED) is 0.722. The maximum absolute atomic E-state index is 12.2. The molecule has 2 rings (SSSR count). The van der Waals surface area contributed by atoms with Gasteiger partial charge in [0, 0.05) is 18.7 Å². The Bertz CT molecular complexity index is 716. The van der Waals surface area contributed by atoms with Crippen molar-refractivity contribution in [2.75, 3.05) is 5.32 Å². The average Bonchev–Trinajstić information content (AvgIpc) is 2.65. The van der Waals surface area contributed by atoms with Crippen molar-refractivity contribution in [1.82, 2.24) is 5.32 Å². The van der Waals surface area contributed by atoms with Gasteiger partial charge in [-0.1, -0.05) is 49.4 Å². The Hall–Kier alpha value is -2.66. The number of amides is 2. The molecule has 0 fully saturated rings. The number of carbonyl (C=O) groups is 2. The third kappa shape index (κ3) is 6.69. The second-order valence-electron chi connectivity index (χ2n) is 6.16. The van der Waals surface area contributed by atoms with Gasteiger partial charge in [0.2, 0.25) is 11.8 Å². The maximum atomic E-state index is 12.2. The fourth-order valence-electron chi connectivity index (χ4n) is 2.41. The van der Waals surface area contributed by atoms with Crippen molar-refractivity contribution in [3.05, 3.63) is 65.7 Å². The molecule has 1 atom stereocenters. The van der Waals surface area contributed by atoms with E-state index in [9.17, 15) is 9.59 Å². The normalized spacial score (nSPS) is 11.6. The van der Waals surface area contributed by atoms with Crippen LogP contribution in [0.4, 0.5) is 5.69 Å². The van der Waals surface area contributed by atoms with Crippen LogP contribution in [-0.4, -0.2) is 17.9 Å². The van der Waals surface area contributed by atoms with Crippen molar-refractivity contribution in [1.29, 1.82) is 0 Å². The predicted molar refractivity (Wildman–Crippen MR) is 103 cm³/mol. The summed E-state index contributed by atoms with van der Waals surface area (Å²) in [6.45, 7) is 4.48. The molecule has 0 radical (unpaired) electrons. The third-order valence-electron chi connectivity index (χ3n) is 3.87. The molecule has 0 aromatic heterocycles. The number of carbonyl (C=O) groups excluding carboxylic acids is 2. The number of nitrogens with one attached hydrogen (secondary N) is 2. The molecule has 2 aromatic rings. The minimum absolute atomic E-state index is 0.00313. The monoisotopic (exact) mass is 354 g/mol. The Labute approximate surface area is 154 Å². The third-order valence-corrected chi connectivity index (χ3v) is 3.87. The number of ether oxygens (including phenoxy) is 1. The molecular weight excluding hydrogens is 328 g/mol. The van der Waals surface area contributed by atoms with Gasteiger partial charge in [0.25, 0.3) is 0 Å². The van der Waals surface area contributed by atoms with Crippen LogP contribution in [-0.2, 0) is 27.5 Å². The molecule has 26 heavy (non-hydrogen) atoms. The first kappa shape index (κ1) is 19.7. The Morgan fingerprint density at radius 3 is 2.50 bits per heavy atom. The van der Waals surface area contributed by atoms with E-state index in [1.54, 1.807) is 6.92 Å². The smallest absolute Gasteiger partial charge is 0.249 e. The number of hydrogen-bond acceptors (Lipinski definition) is 3. The number of benzene rings is 2. The van der Waals surface area contributed by atoms with Crippen molar-refractivity contribution in [2.45, 2.75) is 45.9 Å². The molecule has 0 aliphatic carbocycles. The Balaban J connectivity index is 1.80. The molecule has 0 aliphatic heterocycles. The summed E-state index contributed by atoms with van der Waals surface area (Å²) in [6.07, 6.45) is 0.766. The van der Waals surface area contributed by atoms with Crippen LogP contribution in [0, 0.1) is 0 Å². The summed E-state index contributed by atoms with van der Waals surface area (Å²) in [6, 6.07) is 17.2. The van der Waals surface area contributed by atoms with Gasteiger partial charge in [-0.25, -0.2) is 0 Å². The molecule has 0 aliphatic rings. The summed E-state index contributed by atoms with van der Waals surface area (Å²) in [4.78, 5) is 23.9. The van der Waals surface area contributed by atoms with Gasteiger partial charge >= 0.3 is 0 Å². The SMILES string of the molecule is CCCC(=O)Nc1cccc(CNC(=O)C(C)OCc2ccccc2)c1. The number of rotatable bonds is 9. The standard InChI is InChI=1S/C21H26N2O3/c1-3-8-20(24)23-19-12-7-11-18(13-19)14-22-21(25)16(2)26-15-17-9-5-4-6-10-17/h4-7,9-13,16H,3,8,14-15H2,1-2H3,(H,22,25)(H,23,24). The van der Waals surface area contributed by atoms with Crippen molar-refractivity contribution >= 4 is 17.5 Å². The van der Waals surface area contributed by atoms with Crippen LogP contribution in [0.2, 0.25) is 0 Å². The molecule has 0 bridgehead atoms. The van der Waals surface area contributed by atoms with Crippen LogP contribution in [0.25, 0.3) is 0 Å². The first-order valence-corrected chi connectivity index (χ1v) is 8.90. The zero-order chi connectivity index (χ0) is 18.8. The average molecular weight is 354 g/mol. The molecular formula is C21H26N2O3. The lowest BCUT2D eigenvalue weighted by Crippen LogP contribution is -2.34. The molecule has 2 amide bonds. The van der Waals surface area contributed by atoms with Gasteiger partial charge in [-0.05, 0) is 36.6 Å². The van der Waals surface area contributed by atoms with E-state index < -0.39 is 6.10 Å². The van der Waals surface area contributed by atoms with E-state index in [1.807, 2.05) is 61.5 Å². The second-order valence-corrected chi connectivity index (χ2v) is 6.16. The van der Waals surface area contributed by atoms with Crippen LogP contribution < -0.4 is 10.6 Å². The van der Waals surface area contributed by atoms with Crippen molar-refractivity contribution in [2.24, 2.45) is 0 Å². The molecule has 1 unspecified atom stereocenters. The first-order chi connectivity index (χ1) is 12.6.